The van der Waals surface area contributed by atoms with Crippen LogP contribution in [0.2, 0.25) is 0 Å². The molecule has 3 rings (SSSR count). The van der Waals surface area contributed by atoms with E-state index in [0.29, 0.717) is 30.1 Å². The molecule has 0 spiro atoms. The van der Waals surface area contributed by atoms with Gasteiger partial charge in [0.2, 0.25) is 0 Å². The van der Waals surface area contributed by atoms with Crippen LogP contribution in [0.4, 0.5) is 0 Å². The van der Waals surface area contributed by atoms with Gasteiger partial charge >= 0.3 is 0 Å². The molecule has 82 valence electrons. The van der Waals surface area contributed by atoms with Gasteiger partial charge in [-0.3, -0.25) is 4.79 Å². The average Bonchev–Trinajstić information content (AvgIpc) is 2.84. The van der Waals surface area contributed by atoms with Crippen molar-refractivity contribution in [3.8, 4) is 11.5 Å². The maximum Gasteiger partial charge on any atom is 0.181 e. The van der Waals surface area contributed by atoms with Crippen molar-refractivity contribution in [2.24, 2.45) is 0 Å². The largest absolute Gasteiger partial charge is 0.442 e. The number of oxazole rings is 1. The fourth-order valence-electron chi connectivity index (χ4n) is 1.79. The van der Waals surface area contributed by atoms with Gasteiger partial charge in [0.05, 0.1) is 22.7 Å². The molecule has 1 aliphatic rings. The smallest absolute Gasteiger partial charge is 0.181 e. The second-order valence-electron chi connectivity index (χ2n) is 3.62. The molecule has 0 atom stereocenters. The Hall–Kier alpha value is -1.53. The molecular formula is C10H9N3O2S. The number of aromatic nitrogens is 2. The lowest BCUT2D eigenvalue weighted by atomic mass is 10.0. The number of aryl methyl sites for hydroxylation is 1. The third-order valence-corrected chi connectivity index (χ3v) is 3.42. The molecule has 0 fully saturated rings. The third-order valence-electron chi connectivity index (χ3n) is 2.57. The van der Waals surface area contributed by atoms with Crippen LogP contribution in [0.3, 0.4) is 0 Å². The molecule has 1 N–H and O–H groups in total. The number of hydrogen-bond donors (Lipinski definition) is 1. The summed E-state index contributed by atoms with van der Waals surface area (Å²) in [4.78, 5) is 16.8. The molecule has 0 saturated carbocycles. The van der Waals surface area contributed by atoms with Crippen molar-refractivity contribution in [1.82, 2.24) is 14.7 Å². The van der Waals surface area contributed by atoms with Crippen molar-refractivity contribution in [2.45, 2.75) is 13.5 Å². The first-order valence-corrected chi connectivity index (χ1v) is 5.67. The number of carbonyl (C=O) groups is 1. The van der Waals surface area contributed by atoms with E-state index in [-0.39, 0.29) is 5.78 Å². The number of ketones is 1. The van der Waals surface area contributed by atoms with Crippen molar-refractivity contribution < 1.29 is 9.21 Å². The monoisotopic (exact) mass is 235 g/mol. The molecule has 2 aromatic rings. The van der Waals surface area contributed by atoms with Crippen LogP contribution >= 0.6 is 11.5 Å². The summed E-state index contributed by atoms with van der Waals surface area (Å²) < 4.78 is 9.58. The van der Waals surface area contributed by atoms with Gasteiger partial charge in [0.25, 0.3) is 0 Å². The molecule has 0 aromatic carbocycles. The van der Waals surface area contributed by atoms with E-state index in [9.17, 15) is 4.79 Å². The normalized spacial score (nSPS) is 15.2. The van der Waals surface area contributed by atoms with Crippen LogP contribution < -0.4 is 5.32 Å². The third kappa shape index (κ3) is 1.30. The van der Waals surface area contributed by atoms with E-state index in [2.05, 4.69) is 14.7 Å². The van der Waals surface area contributed by atoms with E-state index in [1.54, 1.807) is 0 Å². The molecule has 16 heavy (non-hydrogen) atoms. The lowest BCUT2D eigenvalue weighted by Gasteiger charge is -2.11. The first kappa shape index (κ1) is 9.68. The van der Waals surface area contributed by atoms with E-state index in [1.165, 1.54) is 17.9 Å². The van der Waals surface area contributed by atoms with Crippen LogP contribution in [0.15, 0.2) is 10.8 Å². The van der Waals surface area contributed by atoms with Crippen molar-refractivity contribution >= 4 is 17.3 Å². The van der Waals surface area contributed by atoms with Crippen LogP contribution in [0.1, 0.15) is 20.9 Å². The standard InChI is InChI=1S/C10H9N3O2S/c1-5-10(15-4-12-5)9-8-6(14)2-11-3-7(8)16-13-9/h4,11H,2-3H2,1H3. The Balaban J connectivity index is 2.20. The molecule has 0 saturated heterocycles. The van der Waals surface area contributed by atoms with Crippen molar-refractivity contribution in [3.63, 3.8) is 0 Å². The Morgan fingerprint density at radius 3 is 3.12 bits per heavy atom. The van der Waals surface area contributed by atoms with Gasteiger partial charge < -0.3 is 9.73 Å². The quantitative estimate of drug-likeness (QED) is 0.809. The molecule has 0 bridgehead atoms. The minimum atomic E-state index is 0.0702. The van der Waals surface area contributed by atoms with Crippen molar-refractivity contribution in [2.75, 3.05) is 6.54 Å². The number of nitrogens with zero attached hydrogens (tertiary/aromatic N) is 2. The molecular weight excluding hydrogens is 226 g/mol. The lowest BCUT2D eigenvalue weighted by Crippen LogP contribution is -2.28. The SMILES string of the molecule is Cc1ncoc1-c1nsc2c1C(=O)CNC2. The van der Waals surface area contributed by atoms with Crippen LogP contribution in [-0.4, -0.2) is 21.7 Å². The van der Waals surface area contributed by atoms with Gasteiger partial charge in [0.15, 0.2) is 17.9 Å². The highest BCUT2D eigenvalue weighted by Crippen LogP contribution is 2.31. The summed E-state index contributed by atoms with van der Waals surface area (Å²) in [6.07, 6.45) is 1.38. The van der Waals surface area contributed by atoms with E-state index < -0.39 is 0 Å². The molecule has 0 unspecified atom stereocenters. The number of fused-ring (bicyclic) bond motifs is 1. The van der Waals surface area contributed by atoms with Gasteiger partial charge in [-0.2, -0.15) is 4.37 Å². The first-order chi connectivity index (χ1) is 7.77. The van der Waals surface area contributed by atoms with Crippen LogP contribution in [0.25, 0.3) is 11.5 Å². The van der Waals surface area contributed by atoms with Crippen LogP contribution in [-0.2, 0) is 6.54 Å². The minimum Gasteiger partial charge on any atom is -0.442 e. The summed E-state index contributed by atoms with van der Waals surface area (Å²) in [6, 6.07) is 0. The van der Waals surface area contributed by atoms with Gasteiger partial charge in [-0.15, -0.1) is 0 Å². The molecule has 3 heterocycles. The van der Waals surface area contributed by atoms with Gasteiger partial charge in [0.1, 0.15) is 5.69 Å². The second-order valence-corrected chi connectivity index (χ2v) is 4.48. The molecule has 0 aliphatic carbocycles. The highest BCUT2D eigenvalue weighted by molar-refractivity contribution is 7.06. The molecule has 0 amide bonds. The van der Waals surface area contributed by atoms with Crippen molar-refractivity contribution in [1.29, 1.82) is 0 Å². The average molecular weight is 235 g/mol. The zero-order valence-corrected chi connectivity index (χ0v) is 9.43. The highest BCUT2D eigenvalue weighted by Gasteiger charge is 2.27. The Morgan fingerprint density at radius 1 is 1.50 bits per heavy atom. The zero-order valence-electron chi connectivity index (χ0n) is 8.61. The summed E-state index contributed by atoms with van der Waals surface area (Å²) >= 11 is 1.34. The number of nitrogens with one attached hydrogen (secondary N) is 1. The fourth-order valence-corrected chi connectivity index (χ4v) is 2.64. The Kier molecular flexibility index (Phi) is 2.12. The Morgan fingerprint density at radius 2 is 2.38 bits per heavy atom. The zero-order chi connectivity index (χ0) is 11.1. The van der Waals surface area contributed by atoms with E-state index in [0.717, 1.165) is 10.6 Å². The molecule has 0 radical (unpaired) electrons. The predicted molar refractivity (Wildman–Crippen MR) is 58.4 cm³/mol. The lowest BCUT2D eigenvalue weighted by molar-refractivity contribution is 0.0983. The summed E-state index contributed by atoms with van der Waals surface area (Å²) in [6.45, 7) is 2.91. The van der Waals surface area contributed by atoms with Crippen LogP contribution in [0.5, 0.6) is 0 Å². The molecule has 6 heteroatoms. The highest BCUT2D eigenvalue weighted by atomic mass is 32.1. The summed E-state index contributed by atoms with van der Waals surface area (Å²) in [5.74, 6) is 0.675. The summed E-state index contributed by atoms with van der Waals surface area (Å²) in [7, 11) is 0. The summed E-state index contributed by atoms with van der Waals surface area (Å²) in [5, 5.41) is 3.04. The number of carbonyl (C=O) groups excluding carboxylic acids is 1. The van der Waals surface area contributed by atoms with Gasteiger partial charge in [-0.05, 0) is 18.5 Å². The molecule has 1 aliphatic heterocycles. The maximum atomic E-state index is 11.8. The Bertz CT molecular complexity index is 558. The maximum absolute atomic E-state index is 11.8. The van der Waals surface area contributed by atoms with Crippen LogP contribution in [0, 0.1) is 6.92 Å². The minimum absolute atomic E-state index is 0.0702. The summed E-state index contributed by atoms with van der Waals surface area (Å²) in [5.41, 5.74) is 2.10. The van der Waals surface area contributed by atoms with E-state index in [4.69, 9.17) is 4.42 Å². The molecule has 5 nitrogen and oxygen atoms in total. The number of hydrogen-bond acceptors (Lipinski definition) is 6. The van der Waals surface area contributed by atoms with E-state index >= 15 is 0 Å². The van der Waals surface area contributed by atoms with Gasteiger partial charge in [-0.1, -0.05) is 0 Å². The fraction of sp³-hybridized carbons (Fsp3) is 0.300. The predicted octanol–water partition coefficient (Wildman–Crippen LogP) is 1.39. The Labute approximate surface area is 95.7 Å². The number of rotatable bonds is 1. The molecule has 2 aromatic heterocycles. The second kappa shape index (κ2) is 3.50. The van der Waals surface area contributed by atoms with E-state index in [1.807, 2.05) is 6.92 Å². The first-order valence-electron chi connectivity index (χ1n) is 4.90. The topological polar surface area (TPSA) is 68.0 Å². The number of Topliss-reactive ketones (excluding diaryl/α,β-unsaturated/α-hetero) is 1. The van der Waals surface area contributed by atoms with Gasteiger partial charge in [0, 0.05) is 6.54 Å². The van der Waals surface area contributed by atoms with Crippen molar-refractivity contribution in [3.05, 3.63) is 22.5 Å². The van der Waals surface area contributed by atoms with Gasteiger partial charge in [-0.25, -0.2) is 4.98 Å².